The number of hydrogen-bond acceptors (Lipinski definition) is 3. The van der Waals surface area contributed by atoms with Gasteiger partial charge in [-0.15, -0.1) is 0 Å². The Hall–Kier alpha value is -0.800. The molecule has 0 radical (unpaired) electrons. The van der Waals surface area contributed by atoms with Crippen LogP contribution in [0.5, 0.6) is 0 Å². The molecule has 0 atom stereocenters. The molecule has 1 aromatic heterocycles. The summed E-state index contributed by atoms with van der Waals surface area (Å²) in [5.41, 5.74) is 6.92. The Labute approximate surface area is 97.6 Å². The highest BCUT2D eigenvalue weighted by atomic mass is 16.3. The monoisotopic (exact) mass is 222 g/mol. The van der Waals surface area contributed by atoms with E-state index in [0.29, 0.717) is 6.54 Å². The second kappa shape index (κ2) is 5.51. The second-order valence-corrected chi connectivity index (χ2v) is 4.63. The zero-order chi connectivity index (χ0) is 11.4. The molecule has 1 aromatic rings. The fraction of sp³-hybridized carbons (Fsp3) is 0.692. The van der Waals surface area contributed by atoms with Gasteiger partial charge in [-0.3, -0.25) is 4.90 Å². The van der Waals surface area contributed by atoms with Crippen LogP contribution in [0.4, 0.5) is 0 Å². The molecule has 1 aliphatic carbocycles. The third-order valence-electron chi connectivity index (χ3n) is 3.26. The number of hydrogen-bond donors (Lipinski definition) is 1. The number of unbranched alkanes of at least 4 members (excludes halogenated alkanes) is 1. The van der Waals surface area contributed by atoms with Crippen molar-refractivity contribution in [3.8, 4) is 0 Å². The molecule has 16 heavy (non-hydrogen) atoms. The van der Waals surface area contributed by atoms with E-state index in [1.807, 2.05) is 0 Å². The van der Waals surface area contributed by atoms with E-state index in [-0.39, 0.29) is 0 Å². The SMILES string of the molecule is CCCCN(Cc1ccoc1CN)C1CC1. The molecular formula is C13H22N2O. The maximum Gasteiger partial charge on any atom is 0.121 e. The lowest BCUT2D eigenvalue weighted by Gasteiger charge is -2.21. The highest BCUT2D eigenvalue weighted by molar-refractivity contribution is 5.17. The Morgan fingerprint density at radius 3 is 2.94 bits per heavy atom. The average molecular weight is 222 g/mol. The molecule has 0 saturated heterocycles. The molecule has 2 rings (SSSR count). The predicted octanol–water partition coefficient (Wildman–Crippen LogP) is 2.50. The molecule has 0 bridgehead atoms. The van der Waals surface area contributed by atoms with Crippen molar-refractivity contribution in [1.29, 1.82) is 0 Å². The normalized spacial score (nSPS) is 15.9. The molecular weight excluding hydrogens is 200 g/mol. The van der Waals surface area contributed by atoms with Crippen molar-refractivity contribution in [2.45, 2.75) is 51.7 Å². The van der Waals surface area contributed by atoms with Crippen molar-refractivity contribution in [1.82, 2.24) is 4.90 Å². The molecule has 0 aromatic carbocycles. The van der Waals surface area contributed by atoms with Gasteiger partial charge >= 0.3 is 0 Å². The molecule has 0 aliphatic heterocycles. The van der Waals surface area contributed by atoms with Crippen molar-refractivity contribution in [3.63, 3.8) is 0 Å². The van der Waals surface area contributed by atoms with E-state index in [0.717, 1.165) is 18.3 Å². The first kappa shape index (κ1) is 11.7. The van der Waals surface area contributed by atoms with Gasteiger partial charge in [0, 0.05) is 18.2 Å². The third kappa shape index (κ3) is 2.86. The fourth-order valence-electron chi connectivity index (χ4n) is 2.10. The lowest BCUT2D eigenvalue weighted by Crippen LogP contribution is -2.27. The van der Waals surface area contributed by atoms with Crippen LogP contribution < -0.4 is 5.73 Å². The average Bonchev–Trinajstić information content (AvgIpc) is 3.05. The number of rotatable bonds is 7. The van der Waals surface area contributed by atoms with Crippen LogP contribution in [0.25, 0.3) is 0 Å². The predicted molar refractivity (Wildman–Crippen MR) is 64.9 cm³/mol. The summed E-state index contributed by atoms with van der Waals surface area (Å²) in [6.45, 7) is 4.97. The molecule has 1 heterocycles. The maximum atomic E-state index is 5.65. The van der Waals surface area contributed by atoms with Crippen LogP contribution in [0.3, 0.4) is 0 Å². The van der Waals surface area contributed by atoms with E-state index >= 15 is 0 Å². The largest absolute Gasteiger partial charge is 0.468 e. The molecule has 2 N–H and O–H groups in total. The summed E-state index contributed by atoms with van der Waals surface area (Å²) in [5, 5.41) is 0. The van der Waals surface area contributed by atoms with Crippen molar-refractivity contribution in [3.05, 3.63) is 23.7 Å². The topological polar surface area (TPSA) is 42.4 Å². The standard InChI is InChI=1S/C13H22N2O/c1-2-3-7-15(12-4-5-12)10-11-6-8-16-13(11)9-14/h6,8,12H,2-5,7,9-10,14H2,1H3. The summed E-state index contributed by atoms with van der Waals surface area (Å²) in [7, 11) is 0. The van der Waals surface area contributed by atoms with Crippen LogP contribution in [0.15, 0.2) is 16.7 Å². The van der Waals surface area contributed by atoms with Gasteiger partial charge in [0.25, 0.3) is 0 Å². The molecule has 90 valence electrons. The first-order valence-electron chi connectivity index (χ1n) is 6.34. The fourth-order valence-corrected chi connectivity index (χ4v) is 2.10. The van der Waals surface area contributed by atoms with Gasteiger partial charge in [0.15, 0.2) is 0 Å². The number of furan rings is 1. The lowest BCUT2D eigenvalue weighted by molar-refractivity contribution is 0.248. The summed E-state index contributed by atoms with van der Waals surface area (Å²) in [6, 6.07) is 2.87. The van der Waals surface area contributed by atoms with Gasteiger partial charge in [0.2, 0.25) is 0 Å². The molecule has 1 saturated carbocycles. The zero-order valence-electron chi connectivity index (χ0n) is 10.1. The first-order chi connectivity index (χ1) is 7.85. The van der Waals surface area contributed by atoms with E-state index in [4.69, 9.17) is 10.2 Å². The lowest BCUT2D eigenvalue weighted by atomic mass is 10.2. The summed E-state index contributed by atoms with van der Waals surface area (Å²) in [5.74, 6) is 0.946. The molecule has 3 nitrogen and oxygen atoms in total. The van der Waals surface area contributed by atoms with Gasteiger partial charge in [-0.05, 0) is 31.9 Å². The Morgan fingerprint density at radius 2 is 2.31 bits per heavy atom. The Bertz CT molecular complexity index is 317. The molecule has 0 spiro atoms. The summed E-state index contributed by atoms with van der Waals surface area (Å²) in [6.07, 6.45) is 7.02. The van der Waals surface area contributed by atoms with Crippen molar-refractivity contribution in [2.24, 2.45) is 5.73 Å². The van der Waals surface area contributed by atoms with E-state index in [2.05, 4.69) is 17.9 Å². The van der Waals surface area contributed by atoms with Gasteiger partial charge in [0.1, 0.15) is 5.76 Å². The molecule has 3 heteroatoms. The minimum atomic E-state index is 0.509. The smallest absolute Gasteiger partial charge is 0.121 e. The van der Waals surface area contributed by atoms with Crippen LogP contribution in [-0.2, 0) is 13.1 Å². The molecule has 0 amide bonds. The van der Waals surface area contributed by atoms with E-state index in [1.165, 1.54) is 37.8 Å². The third-order valence-corrected chi connectivity index (χ3v) is 3.26. The van der Waals surface area contributed by atoms with Gasteiger partial charge < -0.3 is 10.2 Å². The number of nitrogens with two attached hydrogens (primary N) is 1. The van der Waals surface area contributed by atoms with Gasteiger partial charge in [-0.25, -0.2) is 0 Å². The van der Waals surface area contributed by atoms with Crippen molar-refractivity contribution >= 4 is 0 Å². The Morgan fingerprint density at radius 1 is 1.50 bits per heavy atom. The Kier molecular flexibility index (Phi) is 4.02. The van der Waals surface area contributed by atoms with Crippen LogP contribution in [0, 0.1) is 0 Å². The van der Waals surface area contributed by atoms with Crippen molar-refractivity contribution in [2.75, 3.05) is 6.54 Å². The quantitative estimate of drug-likeness (QED) is 0.770. The Balaban J connectivity index is 1.94. The van der Waals surface area contributed by atoms with E-state index in [9.17, 15) is 0 Å². The van der Waals surface area contributed by atoms with E-state index in [1.54, 1.807) is 6.26 Å². The maximum absolute atomic E-state index is 5.65. The van der Waals surface area contributed by atoms with Gasteiger partial charge in [0.05, 0.1) is 12.8 Å². The summed E-state index contributed by atoms with van der Waals surface area (Å²) < 4.78 is 5.37. The molecule has 0 unspecified atom stereocenters. The highest BCUT2D eigenvalue weighted by Crippen LogP contribution is 2.29. The van der Waals surface area contributed by atoms with Crippen LogP contribution >= 0.6 is 0 Å². The van der Waals surface area contributed by atoms with Crippen LogP contribution in [0.1, 0.15) is 43.9 Å². The minimum Gasteiger partial charge on any atom is -0.468 e. The highest BCUT2D eigenvalue weighted by Gasteiger charge is 2.28. The number of nitrogens with zero attached hydrogens (tertiary/aromatic N) is 1. The van der Waals surface area contributed by atoms with Gasteiger partial charge in [-0.2, -0.15) is 0 Å². The molecule has 1 fully saturated rings. The first-order valence-corrected chi connectivity index (χ1v) is 6.34. The second-order valence-electron chi connectivity index (χ2n) is 4.63. The van der Waals surface area contributed by atoms with Crippen LogP contribution in [0.2, 0.25) is 0 Å². The van der Waals surface area contributed by atoms with Crippen molar-refractivity contribution < 1.29 is 4.42 Å². The van der Waals surface area contributed by atoms with Crippen LogP contribution in [-0.4, -0.2) is 17.5 Å². The molecule has 1 aliphatic rings. The van der Waals surface area contributed by atoms with Gasteiger partial charge in [-0.1, -0.05) is 13.3 Å². The zero-order valence-corrected chi connectivity index (χ0v) is 10.1. The van der Waals surface area contributed by atoms with E-state index < -0.39 is 0 Å². The summed E-state index contributed by atoms with van der Waals surface area (Å²) >= 11 is 0. The summed E-state index contributed by atoms with van der Waals surface area (Å²) in [4.78, 5) is 2.58. The minimum absolute atomic E-state index is 0.509.